The van der Waals surface area contributed by atoms with Gasteiger partial charge in [-0.05, 0) is 30.3 Å². The number of esters is 1. The van der Waals surface area contributed by atoms with Crippen LogP contribution < -0.4 is 4.74 Å². The van der Waals surface area contributed by atoms with Crippen molar-refractivity contribution in [1.82, 2.24) is 0 Å². The minimum atomic E-state index is -4.61. The Kier molecular flexibility index (Phi) is 9.14. The zero-order chi connectivity index (χ0) is 24.6. The number of rotatable bonds is 11. The van der Waals surface area contributed by atoms with E-state index in [4.69, 9.17) is 30.5 Å². The lowest BCUT2D eigenvalue weighted by molar-refractivity contribution is -0.385. The van der Waals surface area contributed by atoms with E-state index in [0.717, 1.165) is 30.3 Å². The van der Waals surface area contributed by atoms with E-state index in [2.05, 4.69) is 0 Å². The minimum absolute atomic E-state index is 0.00992. The minimum Gasteiger partial charge on any atom is -0.462 e. The Balaban J connectivity index is 2.13. The summed E-state index contributed by atoms with van der Waals surface area (Å²) in [6.07, 6.45) is -4.61. The van der Waals surface area contributed by atoms with Gasteiger partial charge < -0.3 is 18.9 Å². The van der Waals surface area contributed by atoms with Crippen LogP contribution in [0.15, 0.2) is 36.4 Å². The fraction of sp³-hybridized carbons (Fsp3) is 0.300. The van der Waals surface area contributed by atoms with E-state index >= 15 is 0 Å². The highest BCUT2D eigenvalue weighted by Gasteiger charge is 2.31. The molecule has 0 unspecified atom stereocenters. The Morgan fingerprint density at radius 3 is 2.42 bits per heavy atom. The van der Waals surface area contributed by atoms with E-state index < -0.39 is 52.9 Å². The predicted octanol–water partition coefficient (Wildman–Crippen LogP) is 4.45. The molecule has 0 saturated carbocycles. The number of Topliss-reactive ketones (excluding diaryl/α,β-unsaturated/α-hetero) is 1. The van der Waals surface area contributed by atoms with Crippen molar-refractivity contribution in [3.05, 3.63) is 62.7 Å². The first kappa shape index (κ1) is 26.0. The van der Waals surface area contributed by atoms with E-state index in [-0.39, 0.29) is 29.7 Å². The maximum atomic E-state index is 12.8. The fourth-order valence-corrected chi connectivity index (χ4v) is 2.65. The third-order valence-electron chi connectivity index (χ3n) is 3.96. The number of ether oxygens (including phenoxy) is 4. The number of alkyl halides is 3. The summed E-state index contributed by atoms with van der Waals surface area (Å²) in [5.41, 5.74) is -1.94. The van der Waals surface area contributed by atoms with E-state index in [9.17, 15) is 32.9 Å². The molecule has 2 aromatic rings. The van der Waals surface area contributed by atoms with Crippen LogP contribution in [0.3, 0.4) is 0 Å². The zero-order valence-electron chi connectivity index (χ0n) is 17.0. The van der Waals surface area contributed by atoms with Crippen LogP contribution in [0.25, 0.3) is 0 Å². The molecule has 0 bridgehead atoms. The number of nitrogens with zero attached hydrogens (tertiary/aromatic N) is 1. The molecule has 0 radical (unpaired) electrons. The standard InChI is InChI=1S/C20H17ClF3NO8/c1-30-6-7-32-19(27)11-31-10-17(26)14-9-13(3-4-16(14)25(28)29)33-18-5-2-12(8-15(18)21)20(22,23)24/h2-5,8-9H,6-7,10-11H2,1H3. The van der Waals surface area contributed by atoms with Crippen LogP contribution in [0.1, 0.15) is 15.9 Å². The van der Waals surface area contributed by atoms with E-state index in [1.54, 1.807) is 0 Å². The summed E-state index contributed by atoms with van der Waals surface area (Å²) in [7, 11) is 1.42. The number of nitro benzene ring substituents is 1. The van der Waals surface area contributed by atoms with Gasteiger partial charge in [0.2, 0.25) is 0 Å². The lowest BCUT2D eigenvalue weighted by Crippen LogP contribution is -2.19. The summed E-state index contributed by atoms with van der Waals surface area (Å²) < 4.78 is 58.1. The molecule has 2 aromatic carbocycles. The summed E-state index contributed by atoms with van der Waals surface area (Å²) in [6.45, 7) is -1.08. The Bertz CT molecular complexity index is 1030. The van der Waals surface area contributed by atoms with Gasteiger partial charge in [-0.25, -0.2) is 4.79 Å². The summed E-state index contributed by atoms with van der Waals surface area (Å²) in [4.78, 5) is 34.4. The van der Waals surface area contributed by atoms with E-state index in [1.807, 2.05) is 0 Å². The Morgan fingerprint density at radius 2 is 1.82 bits per heavy atom. The van der Waals surface area contributed by atoms with Crippen molar-refractivity contribution in [2.45, 2.75) is 6.18 Å². The van der Waals surface area contributed by atoms with Gasteiger partial charge in [0.15, 0.2) is 5.78 Å². The molecule has 9 nitrogen and oxygen atoms in total. The first-order valence-electron chi connectivity index (χ1n) is 9.11. The van der Waals surface area contributed by atoms with Crippen LogP contribution >= 0.6 is 11.6 Å². The normalized spacial score (nSPS) is 11.2. The molecule has 33 heavy (non-hydrogen) atoms. The van der Waals surface area contributed by atoms with Crippen LogP contribution in [0, 0.1) is 10.1 Å². The molecule has 0 amide bonds. The molecule has 0 N–H and O–H groups in total. The van der Waals surface area contributed by atoms with Gasteiger partial charge >= 0.3 is 12.1 Å². The number of hydrogen-bond acceptors (Lipinski definition) is 8. The molecular weight excluding hydrogens is 475 g/mol. The largest absolute Gasteiger partial charge is 0.462 e. The second-order valence-electron chi connectivity index (χ2n) is 6.31. The number of halogens is 4. The van der Waals surface area contributed by atoms with Crippen LogP contribution in [0.5, 0.6) is 11.5 Å². The zero-order valence-corrected chi connectivity index (χ0v) is 17.8. The van der Waals surface area contributed by atoms with Gasteiger partial charge in [0.25, 0.3) is 5.69 Å². The van der Waals surface area contributed by atoms with Crippen molar-refractivity contribution in [3.8, 4) is 11.5 Å². The average Bonchev–Trinajstić information content (AvgIpc) is 2.74. The molecule has 0 aromatic heterocycles. The Labute approximate surface area is 190 Å². The number of methoxy groups -OCH3 is 1. The van der Waals surface area contributed by atoms with Crippen LogP contribution in [-0.2, 0) is 25.2 Å². The third kappa shape index (κ3) is 7.70. The maximum Gasteiger partial charge on any atom is 0.416 e. The van der Waals surface area contributed by atoms with Crippen molar-refractivity contribution in [1.29, 1.82) is 0 Å². The molecule has 0 aliphatic rings. The highest BCUT2D eigenvalue weighted by Crippen LogP contribution is 2.37. The Hall–Kier alpha value is -3.22. The molecule has 0 aliphatic heterocycles. The van der Waals surface area contributed by atoms with Crippen LogP contribution in [0.4, 0.5) is 18.9 Å². The molecule has 0 aliphatic carbocycles. The fourth-order valence-electron chi connectivity index (χ4n) is 2.43. The molecular formula is C20H17ClF3NO8. The highest BCUT2D eigenvalue weighted by molar-refractivity contribution is 6.32. The number of benzene rings is 2. The molecule has 2 rings (SSSR count). The van der Waals surface area contributed by atoms with E-state index in [1.165, 1.54) is 7.11 Å². The second-order valence-corrected chi connectivity index (χ2v) is 6.72. The molecule has 0 saturated heterocycles. The van der Waals surface area contributed by atoms with Crippen LogP contribution in [-0.4, -0.2) is 50.2 Å². The molecule has 0 fully saturated rings. The van der Waals surface area contributed by atoms with Crippen LogP contribution in [0.2, 0.25) is 5.02 Å². The third-order valence-corrected chi connectivity index (χ3v) is 4.25. The smallest absolute Gasteiger partial charge is 0.416 e. The van der Waals surface area contributed by atoms with Crippen molar-refractivity contribution in [2.24, 2.45) is 0 Å². The summed E-state index contributed by atoms with van der Waals surface area (Å²) in [5.74, 6) is -1.85. The SMILES string of the molecule is COCCOC(=O)COCC(=O)c1cc(Oc2ccc(C(F)(F)F)cc2Cl)ccc1[N+](=O)[O-]. The quantitative estimate of drug-likeness (QED) is 0.149. The molecule has 13 heteroatoms. The van der Waals surface area contributed by atoms with Gasteiger partial charge in [0.05, 0.1) is 22.1 Å². The average molecular weight is 492 g/mol. The maximum absolute atomic E-state index is 12.8. The van der Waals surface area contributed by atoms with Gasteiger partial charge in [-0.1, -0.05) is 11.6 Å². The van der Waals surface area contributed by atoms with Gasteiger partial charge in [0, 0.05) is 13.2 Å². The Morgan fingerprint density at radius 1 is 1.09 bits per heavy atom. The monoisotopic (exact) mass is 491 g/mol. The van der Waals surface area contributed by atoms with Crippen molar-refractivity contribution < 1.29 is 46.6 Å². The molecule has 178 valence electrons. The lowest BCUT2D eigenvalue weighted by Gasteiger charge is -2.12. The second kappa shape index (κ2) is 11.6. The number of carbonyl (C=O) groups is 2. The summed E-state index contributed by atoms with van der Waals surface area (Å²) >= 11 is 5.84. The van der Waals surface area contributed by atoms with Crippen molar-refractivity contribution in [3.63, 3.8) is 0 Å². The summed E-state index contributed by atoms with van der Waals surface area (Å²) in [6, 6.07) is 5.55. The first-order chi connectivity index (χ1) is 15.5. The van der Waals surface area contributed by atoms with Gasteiger partial charge in [-0.2, -0.15) is 13.2 Å². The highest BCUT2D eigenvalue weighted by atomic mass is 35.5. The van der Waals surface area contributed by atoms with Gasteiger partial charge in [0.1, 0.15) is 36.9 Å². The number of ketones is 1. The number of nitro groups is 1. The van der Waals surface area contributed by atoms with E-state index in [0.29, 0.717) is 6.07 Å². The predicted molar refractivity (Wildman–Crippen MR) is 108 cm³/mol. The topological polar surface area (TPSA) is 114 Å². The molecule has 0 atom stereocenters. The number of carbonyl (C=O) groups excluding carboxylic acids is 2. The first-order valence-corrected chi connectivity index (χ1v) is 9.49. The van der Waals surface area contributed by atoms with Crippen molar-refractivity contribution >= 4 is 29.0 Å². The molecule has 0 spiro atoms. The van der Waals surface area contributed by atoms with Crippen molar-refractivity contribution in [2.75, 3.05) is 33.5 Å². The summed E-state index contributed by atoms with van der Waals surface area (Å²) in [5, 5.41) is 10.9. The van der Waals surface area contributed by atoms with Gasteiger partial charge in [-0.15, -0.1) is 0 Å². The number of hydrogen-bond donors (Lipinski definition) is 0. The molecule has 0 heterocycles. The lowest BCUT2D eigenvalue weighted by atomic mass is 10.1. The van der Waals surface area contributed by atoms with Gasteiger partial charge in [-0.3, -0.25) is 14.9 Å².